The first-order valence-electron chi connectivity index (χ1n) is 12.7. The molecule has 0 aliphatic heterocycles. The van der Waals surface area contributed by atoms with Gasteiger partial charge in [0, 0.05) is 18.1 Å². The third-order valence-corrected chi connectivity index (χ3v) is 8.09. The van der Waals surface area contributed by atoms with Crippen LogP contribution >= 0.6 is 11.6 Å². The highest BCUT2D eigenvalue weighted by atomic mass is 35.5. The van der Waals surface area contributed by atoms with Gasteiger partial charge in [-0.1, -0.05) is 53.6 Å². The van der Waals surface area contributed by atoms with Gasteiger partial charge in [-0.05, 0) is 69.7 Å². The van der Waals surface area contributed by atoms with E-state index in [1.165, 1.54) is 17.0 Å². The quantitative estimate of drug-likeness (QED) is 0.337. The minimum absolute atomic E-state index is 0.0327. The lowest BCUT2D eigenvalue weighted by molar-refractivity contribution is -0.139. The zero-order valence-electron chi connectivity index (χ0n) is 22.6. The van der Waals surface area contributed by atoms with Crippen LogP contribution in [0.3, 0.4) is 0 Å². The molecular formula is C29H34ClN3O5S. The molecule has 0 spiro atoms. The van der Waals surface area contributed by atoms with Gasteiger partial charge in [-0.15, -0.1) is 0 Å². The van der Waals surface area contributed by atoms with Crippen LogP contribution in [0.15, 0.2) is 77.7 Å². The first kappa shape index (κ1) is 30.0. The zero-order valence-corrected chi connectivity index (χ0v) is 24.1. The highest BCUT2D eigenvalue weighted by molar-refractivity contribution is 7.92. The molecule has 10 heteroatoms. The Kier molecular flexibility index (Phi) is 10.4. The van der Waals surface area contributed by atoms with Gasteiger partial charge in [0.25, 0.3) is 10.0 Å². The molecule has 0 saturated carbocycles. The molecule has 0 aromatic heterocycles. The van der Waals surface area contributed by atoms with Gasteiger partial charge in [-0.25, -0.2) is 8.42 Å². The molecule has 3 aromatic rings. The summed E-state index contributed by atoms with van der Waals surface area (Å²) in [4.78, 5) is 28.1. The van der Waals surface area contributed by atoms with Gasteiger partial charge in [0.05, 0.1) is 17.2 Å². The molecule has 39 heavy (non-hydrogen) atoms. The van der Waals surface area contributed by atoms with Crippen molar-refractivity contribution in [1.82, 2.24) is 10.2 Å². The van der Waals surface area contributed by atoms with Crippen LogP contribution in [-0.4, -0.2) is 50.9 Å². The molecule has 208 valence electrons. The Bertz CT molecular complexity index is 1400. The van der Waals surface area contributed by atoms with Crippen LogP contribution in [0, 0.1) is 6.92 Å². The second kappa shape index (κ2) is 13.5. The minimum atomic E-state index is -4.19. The number of hydrogen-bond donors (Lipinski definition) is 1. The molecular weight excluding hydrogens is 538 g/mol. The maximum atomic E-state index is 14.0. The number of ether oxygens (including phenoxy) is 1. The predicted molar refractivity (Wildman–Crippen MR) is 153 cm³/mol. The molecule has 0 unspecified atom stereocenters. The number of hydrogen-bond acceptors (Lipinski definition) is 5. The largest absolute Gasteiger partial charge is 0.492 e. The van der Waals surface area contributed by atoms with Crippen molar-refractivity contribution < 1.29 is 22.7 Å². The minimum Gasteiger partial charge on any atom is -0.492 e. The number of likely N-dealkylation sites (N-methyl/N-ethyl adjacent to an activating group) is 1. The molecule has 2 amide bonds. The maximum Gasteiger partial charge on any atom is 0.264 e. The maximum absolute atomic E-state index is 14.0. The number of aryl methyl sites for hydroxylation is 1. The Labute approximate surface area is 235 Å². The number of para-hydroxylation sites is 2. The van der Waals surface area contributed by atoms with Crippen LogP contribution < -0.4 is 14.4 Å². The summed E-state index contributed by atoms with van der Waals surface area (Å²) in [7, 11) is -4.19. The lowest BCUT2D eigenvalue weighted by atomic mass is 10.1. The molecule has 0 saturated heterocycles. The molecule has 0 fully saturated rings. The summed E-state index contributed by atoms with van der Waals surface area (Å²) in [6.07, 6.45) is 0. The highest BCUT2D eigenvalue weighted by Gasteiger charge is 2.33. The Hall–Kier alpha value is -3.56. The third kappa shape index (κ3) is 7.52. The second-order valence-electron chi connectivity index (χ2n) is 8.95. The van der Waals surface area contributed by atoms with Crippen molar-refractivity contribution in [2.24, 2.45) is 0 Å². The summed E-state index contributed by atoms with van der Waals surface area (Å²) in [6, 6.07) is 19.2. The monoisotopic (exact) mass is 571 g/mol. The highest BCUT2D eigenvalue weighted by Crippen LogP contribution is 2.33. The van der Waals surface area contributed by atoms with E-state index in [9.17, 15) is 18.0 Å². The Morgan fingerprint density at radius 1 is 1.00 bits per heavy atom. The molecule has 0 radical (unpaired) electrons. The number of rotatable bonds is 12. The lowest BCUT2D eigenvalue weighted by Crippen LogP contribution is -2.51. The number of amides is 2. The summed E-state index contributed by atoms with van der Waals surface area (Å²) in [6.45, 7) is 7.25. The summed E-state index contributed by atoms with van der Waals surface area (Å²) >= 11 is 6.17. The van der Waals surface area contributed by atoms with E-state index in [-0.39, 0.29) is 23.0 Å². The molecule has 8 nitrogen and oxygen atoms in total. The Morgan fingerprint density at radius 3 is 2.33 bits per heavy atom. The van der Waals surface area contributed by atoms with Gasteiger partial charge in [0.15, 0.2) is 0 Å². The number of benzene rings is 3. The van der Waals surface area contributed by atoms with E-state index < -0.39 is 28.5 Å². The molecule has 0 aliphatic carbocycles. The van der Waals surface area contributed by atoms with Crippen LogP contribution in [-0.2, 0) is 26.2 Å². The van der Waals surface area contributed by atoms with E-state index in [0.717, 1.165) is 9.87 Å². The molecule has 1 atom stereocenters. The van der Waals surface area contributed by atoms with Crippen LogP contribution in [0.5, 0.6) is 5.75 Å². The van der Waals surface area contributed by atoms with E-state index in [0.29, 0.717) is 29.5 Å². The average molecular weight is 572 g/mol. The van der Waals surface area contributed by atoms with E-state index in [2.05, 4.69) is 5.32 Å². The van der Waals surface area contributed by atoms with Gasteiger partial charge in [-0.2, -0.15) is 0 Å². The van der Waals surface area contributed by atoms with Crippen molar-refractivity contribution in [1.29, 1.82) is 0 Å². The van der Waals surface area contributed by atoms with Crippen molar-refractivity contribution in [3.63, 3.8) is 0 Å². The fourth-order valence-electron chi connectivity index (χ4n) is 4.03. The number of halogens is 1. The molecule has 3 rings (SSSR count). The summed E-state index contributed by atoms with van der Waals surface area (Å²) in [5, 5.41) is 3.23. The van der Waals surface area contributed by atoms with Gasteiger partial charge in [0.2, 0.25) is 11.8 Å². The van der Waals surface area contributed by atoms with Crippen LogP contribution in [0.25, 0.3) is 0 Å². The number of anilines is 1. The van der Waals surface area contributed by atoms with E-state index in [4.69, 9.17) is 16.3 Å². The van der Waals surface area contributed by atoms with Crippen molar-refractivity contribution >= 4 is 39.1 Å². The Morgan fingerprint density at radius 2 is 1.69 bits per heavy atom. The zero-order chi connectivity index (χ0) is 28.6. The van der Waals surface area contributed by atoms with E-state index in [1.807, 2.05) is 6.92 Å². The number of nitrogens with one attached hydrogen (secondary N) is 1. The standard InChI is InChI=1S/C29H34ClN3O5S/c1-5-31-29(35)22(4)32(19-23-10-9-11-24(30)18-23)28(34)20-33(26-12-7-8-13-27(26)38-6-2)39(36,37)25-16-14-21(3)15-17-25/h7-18,22H,5-6,19-20H2,1-4H3,(H,31,35)/t22-/m1/s1. The molecule has 0 heterocycles. The van der Waals surface area contributed by atoms with E-state index in [1.54, 1.807) is 81.4 Å². The van der Waals surface area contributed by atoms with Gasteiger partial charge >= 0.3 is 0 Å². The number of sulfonamides is 1. The fourth-order valence-corrected chi connectivity index (χ4v) is 5.67. The van der Waals surface area contributed by atoms with Crippen LogP contribution in [0.2, 0.25) is 5.02 Å². The lowest BCUT2D eigenvalue weighted by Gasteiger charge is -2.32. The van der Waals surface area contributed by atoms with Crippen molar-refractivity contribution in [2.75, 3.05) is 24.0 Å². The normalized spacial score (nSPS) is 11.9. The van der Waals surface area contributed by atoms with Crippen molar-refractivity contribution in [3.05, 3.63) is 88.9 Å². The first-order chi connectivity index (χ1) is 18.6. The molecule has 1 N–H and O–H groups in total. The third-order valence-electron chi connectivity index (χ3n) is 6.08. The predicted octanol–water partition coefficient (Wildman–Crippen LogP) is 4.80. The summed E-state index contributed by atoms with van der Waals surface area (Å²) < 4.78 is 34.7. The van der Waals surface area contributed by atoms with Crippen molar-refractivity contribution in [3.8, 4) is 5.75 Å². The smallest absolute Gasteiger partial charge is 0.264 e. The number of nitrogens with zero attached hydrogens (tertiary/aromatic N) is 2. The topological polar surface area (TPSA) is 96.0 Å². The summed E-state index contributed by atoms with van der Waals surface area (Å²) in [5.41, 5.74) is 1.83. The number of carbonyl (C=O) groups excluding carboxylic acids is 2. The molecule has 0 aliphatic rings. The molecule has 3 aromatic carbocycles. The van der Waals surface area contributed by atoms with Gasteiger partial charge < -0.3 is 15.0 Å². The summed E-state index contributed by atoms with van der Waals surface area (Å²) in [5.74, 6) is -0.590. The Balaban J connectivity index is 2.08. The van der Waals surface area contributed by atoms with Gasteiger partial charge in [-0.3, -0.25) is 13.9 Å². The van der Waals surface area contributed by atoms with Crippen LogP contribution in [0.4, 0.5) is 5.69 Å². The number of carbonyl (C=O) groups is 2. The molecule has 0 bridgehead atoms. The van der Waals surface area contributed by atoms with Crippen LogP contribution in [0.1, 0.15) is 31.9 Å². The van der Waals surface area contributed by atoms with Gasteiger partial charge in [0.1, 0.15) is 18.3 Å². The van der Waals surface area contributed by atoms with E-state index >= 15 is 0 Å². The first-order valence-corrected chi connectivity index (χ1v) is 14.5. The second-order valence-corrected chi connectivity index (χ2v) is 11.2. The SMILES string of the molecule is CCNC(=O)[C@@H](C)N(Cc1cccc(Cl)c1)C(=O)CN(c1ccccc1OCC)S(=O)(=O)c1ccc(C)cc1. The fraction of sp³-hybridized carbons (Fsp3) is 0.310. The average Bonchev–Trinajstić information content (AvgIpc) is 2.91. The van der Waals surface area contributed by atoms with Crippen molar-refractivity contribution in [2.45, 2.75) is 45.2 Å².